The van der Waals surface area contributed by atoms with Crippen LogP contribution in [0.4, 0.5) is 0 Å². The molecule has 0 heterocycles. The van der Waals surface area contributed by atoms with Crippen LogP contribution in [0.3, 0.4) is 0 Å². The lowest BCUT2D eigenvalue weighted by atomic mass is 9.92. The van der Waals surface area contributed by atoms with Crippen LogP contribution in [-0.4, -0.2) is 0 Å². The molecule has 0 saturated carbocycles. The summed E-state index contributed by atoms with van der Waals surface area (Å²) in [6.07, 6.45) is 16.0. The molecule has 66 valence electrons. The molecule has 0 aromatic heterocycles. The predicted octanol–water partition coefficient (Wildman–Crippen LogP) is 2.48. The lowest BCUT2D eigenvalue weighted by Crippen LogP contribution is -2.05. The first kappa shape index (κ1) is 8.67. The quantitative estimate of drug-likeness (QED) is 0.541. The van der Waals surface area contributed by atoms with Gasteiger partial charge in [0.05, 0.1) is 0 Å². The van der Waals surface area contributed by atoms with E-state index in [0.717, 1.165) is 0 Å². The lowest BCUT2D eigenvalue weighted by molar-refractivity contribution is 0.698. The zero-order chi connectivity index (χ0) is 9.64. The summed E-state index contributed by atoms with van der Waals surface area (Å²) in [6, 6.07) is 0. The Labute approximate surface area is 84.7 Å². The minimum absolute atomic E-state index is 0.263. The minimum Gasteiger partial charge on any atom is -0.0900 e. The van der Waals surface area contributed by atoms with Crippen molar-refractivity contribution in [2.45, 2.75) is 0 Å². The molecule has 14 heavy (non-hydrogen) atoms. The molecule has 0 amide bonds. The van der Waals surface area contributed by atoms with Gasteiger partial charge in [0, 0.05) is 11.8 Å². The van der Waals surface area contributed by atoms with Gasteiger partial charge in [-0.15, -0.1) is 0 Å². The van der Waals surface area contributed by atoms with E-state index in [1.807, 2.05) is 30.4 Å². The van der Waals surface area contributed by atoms with Crippen LogP contribution in [0, 0.1) is 35.5 Å². The summed E-state index contributed by atoms with van der Waals surface area (Å²) in [4.78, 5) is 0. The molecule has 0 fully saturated rings. The molecule has 2 aliphatic carbocycles. The van der Waals surface area contributed by atoms with Crippen LogP contribution < -0.4 is 0 Å². The molecular formula is C14H10. The SMILES string of the molecule is C1#CC(C2C=CC#CC=C2)C=CC=C1. The molecule has 2 aliphatic rings. The molecule has 1 atom stereocenters. The molecule has 0 heteroatoms. The van der Waals surface area contributed by atoms with Crippen molar-refractivity contribution in [1.29, 1.82) is 0 Å². The maximum Gasteiger partial charge on any atom is 0.0487 e. The van der Waals surface area contributed by atoms with Gasteiger partial charge in [0.25, 0.3) is 0 Å². The van der Waals surface area contributed by atoms with E-state index in [9.17, 15) is 0 Å². The Bertz CT molecular complexity index is 418. The van der Waals surface area contributed by atoms with Crippen molar-refractivity contribution in [3.8, 4) is 23.7 Å². The van der Waals surface area contributed by atoms with Gasteiger partial charge < -0.3 is 0 Å². The second-order valence-electron chi connectivity index (χ2n) is 3.14. The van der Waals surface area contributed by atoms with E-state index in [1.54, 1.807) is 0 Å². The van der Waals surface area contributed by atoms with Crippen molar-refractivity contribution in [3.05, 3.63) is 48.6 Å². The molecule has 0 N–H and O–H groups in total. The molecular weight excluding hydrogens is 168 g/mol. The van der Waals surface area contributed by atoms with Gasteiger partial charge in [-0.25, -0.2) is 0 Å². The van der Waals surface area contributed by atoms with Gasteiger partial charge in [0.15, 0.2) is 0 Å². The maximum atomic E-state index is 3.20. The first-order valence-electron chi connectivity index (χ1n) is 4.65. The van der Waals surface area contributed by atoms with Crippen LogP contribution in [-0.2, 0) is 0 Å². The maximum absolute atomic E-state index is 3.20. The van der Waals surface area contributed by atoms with Crippen molar-refractivity contribution in [2.75, 3.05) is 0 Å². The van der Waals surface area contributed by atoms with E-state index in [0.29, 0.717) is 5.92 Å². The third kappa shape index (κ3) is 2.06. The van der Waals surface area contributed by atoms with Crippen LogP contribution in [0.25, 0.3) is 0 Å². The fourth-order valence-corrected chi connectivity index (χ4v) is 1.42. The van der Waals surface area contributed by atoms with E-state index in [1.165, 1.54) is 0 Å². The summed E-state index contributed by atoms with van der Waals surface area (Å²) in [5.74, 6) is 12.7. The third-order valence-electron chi connectivity index (χ3n) is 2.16. The van der Waals surface area contributed by atoms with Gasteiger partial charge in [-0.05, 0) is 18.2 Å². The molecule has 0 saturated heterocycles. The van der Waals surface area contributed by atoms with Crippen molar-refractivity contribution in [3.63, 3.8) is 0 Å². The Morgan fingerprint density at radius 2 is 1.50 bits per heavy atom. The average molecular weight is 178 g/mol. The monoisotopic (exact) mass is 178 g/mol. The van der Waals surface area contributed by atoms with Gasteiger partial charge >= 0.3 is 0 Å². The number of allylic oxidation sites excluding steroid dienone is 8. The predicted molar refractivity (Wildman–Crippen MR) is 59.1 cm³/mol. The zero-order valence-corrected chi connectivity index (χ0v) is 7.77. The van der Waals surface area contributed by atoms with Crippen molar-refractivity contribution < 1.29 is 0 Å². The van der Waals surface area contributed by atoms with Crippen molar-refractivity contribution >= 4 is 0 Å². The first-order chi connectivity index (χ1) is 6.97. The summed E-state index contributed by atoms with van der Waals surface area (Å²) >= 11 is 0. The van der Waals surface area contributed by atoms with Crippen LogP contribution in [0.5, 0.6) is 0 Å². The van der Waals surface area contributed by atoms with Crippen molar-refractivity contribution in [2.24, 2.45) is 11.8 Å². The Kier molecular flexibility index (Phi) is 2.70. The van der Waals surface area contributed by atoms with Gasteiger partial charge in [-0.3, -0.25) is 0 Å². The first-order valence-corrected chi connectivity index (χ1v) is 4.65. The Morgan fingerprint density at radius 3 is 2.29 bits per heavy atom. The second-order valence-corrected chi connectivity index (χ2v) is 3.14. The van der Waals surface area contributed by atoms with Crippen LogP contribution in [0.15, 0.2) is 48.6 Å². The number of hydrogen-bond donors (Lipinski definition) is 0. The van der Waals surface area contributed by atoms with Gasteiger partial charge in [0.2, 0.25) is 0 Å². The van der Waals surface area contributed by atoms with Gasteiger partial charge in [-0.2, -0.15) is 0 Å². The average Bonchev–Trinajstić information content (AvgIpc) is 2.62. The molecule has 0 nitrogen and oxygen atoms in total. The Morgan fingerprint density at radius 1 is 0.714 bits per heavy atom. The highest BCUT2D eigenvalue weighted by atomic mass is 14.1. The molecule has 0 aromatic rings. The highest BCUT2D eigenvalue weighted by Crippen LogP contribution is 2.18. The van der Waals surface area contributed by atoms with Crippen LogP contribution >= 0.6 is 0 Å². The van der Waals surface area contributed by atoms with Crippen molar-refractivity contribution in [1.82, 2.24) is 0 Å². The summed E-state index contributed by atoms with van der Waals surface area (Å²) in [5.41, 5.74) is 0. The highest BCUT2D eigenvalue weighted by molar-refractivity contribution is 5.34. The largest absolute Gasteiger partial charge is 0.0900 e. The van der Waals surface area contributed by atoms with Gasteiger partial charge in [-0.1, -0.05) is 54.1 Å². The molecule has 0 aliphatic heterocycles. The van der Waals surface area contributed by atoms with Crippen LogP contribution in [0.2, 0.25) is 0 Å². The summed E-state index contributed by atoms with van der Waals surface area (Å²) in [7, 11) is 0. The standard InChI is InChI=1S/C14H10/c1-2-6-10-13(9-5-1)14-11-7-3-4-8-12-14/h1-2,5,7-9,11-14H. The van der Waals surface area contributed by atoms with Gasteiger partial charge in [0.1, 0.15) is 0 Å². The van der Waals surface area contributed by atoms with E-state index in [-0.39, 0.29) is 5.92 Å². The fourth-order valence-electron chi connectivity index (χ4n) is 1.42. The molecule has 0 radical (unpaired) electrons. The third-order valence-corrected chi connectivity index (χ3v) is 2.16. The second kappa shape index (κ2) is 4.35. The smallest absolute Gasteiger partial charge is 0.0487 e. The molecule has 0 spiro atoms. The normalized spacial score (nSPS) is 23.0. The Hall–Kier alpha value is -1.92. The fraction of sp³-hybridized carbons (Fsp3) is 0.143. The number of hydrogen-bond acceptors (Lipinski definition) is 0. The minimum atomic E-state index is 0.263. The Balaban J connectivity index is 2.18. The van der Waals surface area contributed by atoms with E-state index >= 15 is 0 Å². The molecule has 2 rings (SSSR count). The molecule has 0 bridgehead atoms. The lowest BCUT2D eigenvalue weighted by Gasteiger charge is -2.10. The van der Waals surface area contributed by atoms with Crippen LogP contribution in [0.1, 0.15) is 0 Å². The highest BCUT2D eigenvalue weighted by Gasteiger charge is 2.11. The summed E-state index contributed by atoms with van der Waals surface area (Å²) in [5, 5.41) is 0. The molecule has 1 unspecified atom stereocenters. The number of rotatable bonds is 1. The summed E-state index contributed by atoms with van der Waals surface area (Å²) < 4.78 is 0. The van der Waals surface area contributed by atoms with E-state index in [4.69, 9.17) is 0 Å². The van der Waals surface area contributed by atoms with E-state index in [2.05, 4.69) is 41.9 Å². The molecule has 0 aromatic carbocycles. The topological polar surface area (TPSA) is 0 Å². The zero-order valence-electron chi connectivity index (χ0n) is 7.77. The summed E-state index contributed by atoms with van der Waals surface area (Å²) in [6.45, 7) is 0. The van der Waals surface area contributed by atoms with E-state index < -0.39 is 0 Å².